The highest BCUT2D eigenvalue weighted by Gasteiger charge is 2.27. The number of alkyl halides is 1. The van der Waals surface area contributed by atoms with Crippen LogP contribution in [0.4, 0.5) is 0 Å². The molecule has 88 valence electrons. The molecule has 1 aliphatic heterocycles. The van der Waals surface area contributed by atoms with Gasteiger partial charge in [0, 0.05) is 17.0 Å². The Morgan fingerprint density at radius 3 is 2.80 bits per heavy atom. The van der Waals surface area contributed by atoms with Crippen LogP contribution in [0.15, 0.2) is 0 Å². The van der Waals surface area contributed by atoms with Crippen LogP contribution in [0.25, 0.3) is 0 Å². The molecule has 1 aliphatic rings. The minimum Gasteiger partial charge on any atom is -0.378 e. The maximum Gasteiger partial charge on any atom is 0.223 e. The molecule has 4 heteroatoms. The lowest BCUT2D eigenvalue weighted by Crippen LogP contribution is -2.49. The molecule has 0 aromatic rings. The minimum absolute atomic E-state index is 0.0817. The van der Waals surface area contributed by atoms with Crippen molar-refractivity contribution in [1.82, 2.24) is 5.32 Å². The molecule has 0 aromatic carbocycles. The summed E-state index contributed by atoms with van der Waals surface area (Å²) in [6, 6.07) is 0. The molecule has 0 spiro atoms. The molecule has 0 aliphatic carbocycles. The number of rotatable bonds is 4. The van der Waals surface area contributed by atoms with Gasteiger partial charge in [0.2, 0.25) is 5.91 Å². The van der Waals surface area contributed by atoms with E-state index in [1.807, 2.05) is 20.8 Å². The maximum atomic E-state index is 11.7. The van der Waals surface area contributed by atoms with Crippen LogP contribution >= 0.6 is 15.9 Å². The van der Waals surface area contributed by atoms with Crippen LogP contribution in [0.3, 0.4) is 0 Å². The van der Waals surface area contributed by atoms with E-state index in [2.05, 4.69) is 21.2 Å². The first kappa shape index (κ1) is 13.0. The van der Waals surface area contributed by atoms with Crippen molar-refractivity contribution in [2.24, 2.45) is 0 Å². The minimum atomic E-state index is -0.213. The standard InChI is InChI=1S/C11H20BrNO2/c1-8(12)11(2,3)13-10(14)7-9-5-4-6-15-9/h8-9H,4-7H2,1-3H3,(H,13,14). The number of carbonyl (C=O) groups excluding carboxylic acids is 1. The molecule has 1 rings (SSSR count). The van der Waals surface area contributed by atoms with E-state index in [9.17, 15) is 4.79 Å². The average molecular weight is 278 g/mol. The van der Waals surface area contributed by atoms with Crippen LogP contribution < -0.4 is 5.32 Å². The fourth-order valence-corrected chi connectivity index (χ4v) is 1.64. The highest BCUT2D eigenvalue weighted by molar-refractivity contribution is 9.09. The molecule has 0 saturated carbocycles. The van der Waals surface area contributed by atoms with E-state index >= 15 is 0 Å². The van der Waals surface area contributed by atoms with Crippen LogP contribution in [-0.4, -0.2) is 29.0 Å². The van der Waals surface area contributed by atoms with Gasteiger partial charge in [-0.2, -0.15) is 0 Å². The first-order valence-electron chi connectivity index (χ1n) is 5.48. The third kappa shape index (κ3) is 4.11. The summed E-state index contributed by atoms with van der Waals surface area (Å²) in [7, 11) is 0. The van der Waals surface area contributed by atoms with Gasteiger partial charge in [-0.1, -0.05) is 22.9 Å². The van der Waals surface area contributed by atoms with E-state index in [0.717, 1.165) is 19.4 Å². The van der Waals surface area contributed by atoms with Gasteiger partial charge in [0.25, 0.3) is 0 Å². The smallest absolute Gasteiger partial charge is 0.223 e. The van der Waals surface area contributed by atoms with Crippen molar-refractivity contribution in [1.29, 1.82) is 0 Å². The number of hydrogen-bond acceptors (Lipinski definition) is 2. The largest absolute Gasteiger partial charge is 0.378 e. The molecule has 2 atom stereocenters. The highest BCUT2D eigenvalue weighted by atomic mass is 79.9. The zero-order valence-corrected chi connectivity index (χ0v) is 11.3. The molecule has 2 unspecified atom stereocenters. The monoisotopic (exact) mass is 277 g/mol. The summed E-state index contributed by atoms with van der Waals surface area (Å²) in [5, 5.41) is 3.02. The van der Waals surface area contributed by atoms with E-state index in [-0.39, 0.29) is 22.4 Å². The summed E-state index contributed by atoms with van der Waals surface area (Å²) in [5.41, 5.74) is -0.213. The Labute approximate surface area is 100 Å². The Bertz CT molecular complexity index is 223. The lowest BCUT2D eigenvalue weighted by Gasteiger charge is -2.29. The van der Waals surface area contributed by atoms with Crippen LogP contribution in [0, 0.1) is 0 Å². The zero-order valence-electron chi connectivity index (χ0n) is 9.68. The van der Waals surface area contributed by atoms with Crippen LogP contribution in [-0.2, 0) is 9.53 Å². The molecule has 1 amide bonds. The zero-order chi connectivity index (χ0) is 11.5. The average Bonchev–Trinajstić information content (AvgIpc) is 2.54. The number of carbonyl (C=O) groups is 1. The molecular formula is C11H20BrNO2. The molecule has 1 fully saturated rings. The second-order valence-corrected chi connectivity index (χ2v) is 6.10. The van der Waals surface area contributed by atoms with Gasteiger partial charge >= 0.3 is 0 Å². The van der Waals surface area contributed by atoms with E-state index in [1.165, 1.54) is 0 Å². The summed E-state index contributed by atoms with van der Waals surface area (Å²) < 4.78 is 5.43. The molecule has 1 saturated heterocycles. The molecular weight excluding hydrogens is 258 g/mol. The fraction of sp³-hybridized carbons (Fsp3) is 0.909. The Hall–Kier alpha value is -0.0900. The van der Waals surface area contributed by atoms with Gasteiger partial charge in [0.15, 0.2) is 0 Å². The third-order valence-corrected chi connectivity index (χ3v) is 4.04. The van der Waals surface area contributed by atoms with Crippen molar-refractivity contribution in [3.05, 3.63) is 0 Å². The molecule has 0 radical (unpaired) electrons. The number of halogens is 1. The first-order chi connectivity index (χ1) is 6.92. The van der Waals surface area contributed by atoms with Crippen LogP contribution in [0.1, 0.15) is 40.0 Å². The van der Waals surface area contributed by atoms with Gasteiger partial charge < -0.3 is 10.1 Å². The van der Waals surface area contributed by atoms with Crippen molar-refractivity contribution >= 4 is 21.8 Å². The molecule has 3 nitrogen and oxygen atoms in total. The van der Waals surface area contributed by atoms with E-state index in [0.29, 0.717) is 6.42 Å². The van der Waals surface area contributed by atoms with Crippen molar-refractivity contribution in [2.45, 2.75) is 56.5 Å². The summed E-state index contributed by atoms with van der Waals surface area (Å²) in [6.07, 6.45) is 2.71. The summed E-state index contributed by atoms with van der Waals surface area (Å²) in [5.74, 6) is 0.0817. The van der Waals surface area contributed by atoms with E-state index in [4.69, 9.17) is 4.74 Å². The predicted molar refractivity (Wildman–Crippen MR) is 64.2 cm³/mol. The van der Waals surface area contributed by atoms with Crippen molar-refractivity contribution in [2.75, 3.05) is 6.61 Å². The highest BCUT2D eigenvalue weighted by Crippen LogP contribution is 2.19. The molecule has 15 heavy (non-hydrogen) atoms. The Morgan fingerprint density at radius 1 is 1.67 bits per heavy atom. The number of amides is 1. The second-order valence-electron chi connectivity index (χ2n) is 4.73. The molecule has 1 heterocycles. The predicted octanol–water partition coefficient (Wildman–Crippen LogP) is 2.23. The summed E-state index contributed by atoms with van der Waals surface area (Å²) in [4.78, 5) is 12.0. The van der Waals surface area contributed by atoms with Gasteiger partial charge in [-0.15, -0.1) is 0 Å². The SMILES string of the molecule is CC(Br)C(C)(C)NC(=O)CC1CCCO1. The lowest BCUT2D eigenvalue weighted by atomic mass is 10.0. The number of hydrogen-bond donors (Lipinski definition) is 1. The normalized spacial score (nSPS) is 23.9. The maximum absolute atomic E-state index is 11.7. The third-order valence-electron chi connectivity index (χ3n) is 2.89. The Morgan fingerprint density at radius 2 is 2.33 bits per heavy atom. The quantitative estimate of drug-likeness (QED) is 0.801. The van der Waals surface area contributed by atoms with E-state index < -0.39 is 0 Å². The summed E-state index contributed by atoms with van der Waals surface area (Å²) >= 11 is 3.49. The van der Waals surface area contributed by atoms with Crippen molar-refractivity contribution < 1.29 is 9.53 Å². The summed E-state index contributed by atoms with van der Waals surface area (Å²) in [6.45, 7) is 6.86. The molecule has 0 bridgehead atoms. The first-order valence-corrected chi connectivity index (χ1v) is 6.40. The van der Waals surface area contributed by atoms with Gasteiger partial charge in [0.1, 0.15) is 0 Å². The van der Waals surface area contributed by atoms with Gasteiger partial charge in [0.05, 0.1) is 12.5 Å². The van der Waals surface area contributed by atoms with Gasteiger partial charge in [-0.05, 0) is 26.7 Å². The lowest BCUT2D eigenvalue weighted by molar-refractivity contribution is -0.124. The van der Waals surface area contributed by atoms with Crippen molar-refractivity contribution in [3.63, 3.8) is 0 Å². The van der Waals surface area contributed by atoms with Crippen molar-refractivity contribution in [3.8, 4) is 0 Å². The molecule has 1 N–H and O–H groups in total. The van der Waals surface area contributed by atoms with Gasteiger partial charge in [-0.25, -0.2) is 0 Å². The number of nitrogens with one attached hydrogen (secondary N) is 1. The molecule has 0 aromatic heterocycles. The van der Waals surface area contributed by atoms with Crippen LogP contribution in [0.5, 0.6) is 0 Å². The van der Waals surface area contributed by atoms with Gasteiger partial charge in [-0.3, -0.25) is 4.79 Å². The Kier molecular flexibility index (Phi) is 4.59. The second kappa shape index (κ2) is 5.30. The van der Waals surface area contributed by atoms with E-state index in [1.54, 1.807) is 0 Å². The fourth-order valence-electron chi connectivity index (χ4n) is 1.52. The van der Waals surface area contributed by atoms with Crippen LogP contribution in [0.2, 0.25) is 0 Å². The Balaban J connectivity index is 2.34. The topological polar surface area (TPSA) is 38.3 Å². The number of ether oxygens (including phenoxy) is 1.